The molecule has 0 radical (unpaired) electrons. The molecule has 1 saturated heterocycles. The molecule has 0 aromatic carbocycles. The van der Waals surface area contributed by atoms with Crippen molar-refractivity contribution >= 4 is 0 Å². The SMILES string of the molecule is CC1CC(C)N1Cc1n[nH]c(=O)[nH]1. The molecular formula is C8H14N4O. The van der Waals surface area contributed by atoms with Crippen LogP contribution in [0.3, 0.4) is 0 Å². The highest BCUT2D eigenvalue weighted by Crippen LogP contribution is 2.25. The van der Waals surface area contributed by atoms with Gasteiger partial charge in [0.05, 0.1) is 6.54 Å². The van der Waals surface area contributed by atoms with Gasteiger partial charge < -0.3 is 0 Å². The van der Waals surface area contributed by atoms with Crippen molar-refractivity contribution in [1.82, 2.24) is 20.1 Å². The number of rotatable bonds is 2. The van der Waals surface area contributed by atoms with Crippen LogP contribution in [0.2, 0.25) is 0 Å². The number of likely N-dealkylation sites (tertiary alicyclic amines) is 1. The lowest BCUT2D eigenvalue weighted by Gasteiger charge is -2.44. The first-order chi connectivity index (χ1) is 6.16. The molecule has 2 heterocycles. The number of hydrogen-bond donors (Lipinski definition) is 2. The van der Waals surface area contributed by atoms with Gasteiger partial charge in [-0.15, -0.1) is 0 Å². The third kappa shape index (κ3) is 1.51. The van der Waals surface area contributed by atoms with Crippen molar-refractivity contribution in [2.24, 2.45) is 0 Å². The summed E-state index contributed by atoms with van der Waals surface area (Å²) in [5, 5.41) is 6.24. The molecule has 1 aliphatic rings. The Kier molecular flexibility index (Phi) is 1.95. The van der Waals surface area contributed by atoms with Crippen LogP contribution in [0.4, 0.5) is 0 Å². The van der Waals surface area contributed by atoms with E-state index in [-0.39, 0.29) is 5.69 Å². The van der Waals surface area contributed by atoms with E-state index < -0.39 is 0 Å². The van der Waals surface area contributed by atoms with Gasteiger partial charge in [0.2, 0.25) is 0 Å². The molecule has 2 atom stereocenters. The van der Waals surface area contributed by atoms with Crippen molar-refractivity contribution in [3.8, 4) is 0 Å². The Morgan fingerprint density at radius 1 is 1.54 bits per heavy atom. The quantitative estimate of drug-likeness (QED) is 0.680. The van der Waals surface area contributed by atoms with Gasteiger partial charge >= 0.3 is 5.69 Å². The van der Waals surface area contributed by atoms with E-state index in [4.69, 9.17) is 0 Å². The van der Waals surface area contributed by atoms with Gasteiger partial charge in [-0.2, -0.15) is 5.10 Å². The molecule has 0 saturated carbocycles. The summed E-state index contributed by atoms with van der Waals surface area (Å²) in [6.45, 7) is 5.11. The number of aromatic nitrogens is 3. The Morgan fingerprint density at radius 3 is 2.69 bits per heavy atom. The van der Waals surface area contributed by atoms with Gasteiger partial charge in [-0.3, -0.25) is 9.88 Å². The van der Waals surface area contributed by atoms with Crippen LogP contribution in [-0.2, 0) is 6.54 Å². The zero-order chi connectivity index (χ0) is 9.42. The molecule has 0 aliphatic carbocycles. The lowest BCUT2D eigenvalue weighted by Crippen LogP contribution is -2.52. The van der Waals surface area contributed by atoms with Crippen LogP contribution < -0.4 is 5.69 Å². The Bertz CT molecular complexity index is 334. The molecule has 2 rings (SSSR count). The summed E-state index contributed by atoms with van der Waals surface area (Å²) in [6, 6.07) is 1.21. The standard InChI is InChI=1S/C8H14N4O/c1-5-3-6(2)12(5)4-7-9-8(13)11-10-7/h5-6H,3-4H2,1-2H3,(H2,9,10,11,13). The minimum atomic E-state index is -0.226. The molecule has 1 aromatic rings. The second kappa shape index (κ2) is 2.99. The minimum Gasteiger partial charge on any atom is -0.292 e. The summed E-state index contributed by atoms with van der Waals surface area (Å²) in [4.78, 5) is 15.7. The van der Waals surface area contributed by atoms with Gasteiger partial charge in [-0.05, 0) is 20.3 Å². The molecule has 72 valence electrons. The van der Waals surface area contributed by atoms with Crippen LogP contribution in [0.1, 0.15) is 26.1 Å². The van der Waals surface area contributed by atoms with E-state index in [2.05, 4.69) is 33.9 Å². The number of H-pyrrole nitrogens is 2. The van der Waals surface area contributed by atoms with Crippen molar-refractivity contribution in [2.75, 3.05) is 0 Å². The predicted molar refractivity (Wildman–Crippen MR) is 48.3 cm³/mol. The first-order valence-corrected chi connectivity index (χ1v) is 4.56. The average Bonchev–Trinajstić information content (AvgIpc) is 2.48. The van der Waals surface area contributed by atoms with E-state index in [1.807, 2.05) is 0 Å². The monoisotopic (exact) mass is 182 g/mol. The number of nitrogens with zero attached hydrogens (tertiary/aromatic N) is 2. The molecule has 1 aromatic heterocycles. The fraction of sp³-hybridized carbons (Fsp3) is 0.750. The van der Waals surface area contributed by atoms with E-state index in [0.717, 1.165) is 12.4 Å². The lowest BCUT2D eigenvalue weighted by atomic mass is 9.96. The van der Waals surface area contributed by atoms with Gasteiger partial charge in [0.15, 0.2) is 0 Å². The zero-order valence-electron chi connectivity index (χ0n) is 7.87. The number of nitrogens with one attached hydrogen (secondary N) is 2. The predicted octanol–water partition coefficient (Wildman–Crippen LogP) is 0.0807. The van der Waals surface area contributed by atoms with Gasteiger partial charge in [0.1, 0.15) is 5.82 Å². The molecule has 13 heavy (non-hydrogen) atoms. The van der Waals surface area contributed by atoms with Crippen molar-refractivity contribution in [3.05, 3.63) is 16.3 Å². The molecule has 0 spiro atoms. The first kappa shape index (κ1) is 8.50. The maximum Gasteiger partial charge on any atom is 0.340 e. The Labute approximate surface area is 76.2 Å². The third-order valence-electron chi connectivity index (χ3n) is 2.70. The molecule has 2 N–H and O–H groups in total. The van der Waals surface area contributed by atoms with Crippen LogP contribution >= 0.6 is 0 Å². The molecule has 0 bridgehead atoms. The van der Waals surface area contributed by atoms with Crippen molar-refractivity contribution < 1.29 is 0 Å². The number of hydrogen-bond acceptors (Lipinski definition) is 3. The summed E-state index contributed by atoms with van der Waals surface area (Å²) < 4.78 is 0. The largest absolute Gasteiger partial charge is 0.340 e. The van der Waals surface area contributed by atoms with Crippen LogP contribution in [-0.4, -0.2) is 32.2 Å². The van der Waals surface area contributed by atoms with Gasteiger partial charge in [-0.1, -0.05) is 0 Å². The highest BCUT2D eigenvalue weighted by molar-refractivity contribution is 4.91. The second-order valence-electron chi connectivity index (χ2n) is 3.73. The van der Waals surface area contributed by atoms with Crippen LogP contribution in [0.5, 0.6) is 0 Å². The van der Waals surface area contributed by atoms with E-state index in [0.29, 0.717) is 12.1 Å². The summed E-state index contributed by atoms with van der Waals surface area (Å²) in [5.41, 5.74) is -0.226. The Hall–Kier alpha value is -1.10. The Balaban J connectivity index is 2.02. The van der Waals surface area contributed by atoms with Crippen molar-refractivity contribution in [1.29, 1.82) is 0 Å². The second-order valence-corrected chi connectivity index (χ2v) is 3.73. The summed E-state index contributed by atoms with van der Waals surface area (Å²) in [6.07, 6.45) is 1.23. The first-order valence-electron chi connectivity index (χ1n) is 4.56. The van der Waals surface area contributed by atoms with Gasteiger partial charge in [-0.25, -0.2) is 9.89 Å². The van der Waals surface area contributed by atoms with Crippen LogP contribution in [0, 0.1) is 0 Å². The zero-order valence-corrected chi connectivity index (χ0v) is 7.87. The third-order valence-corrected chi connectivity index (χ3v) is 2.70. The highest BCUT2D eigenvalue weighted by atomic mass is 16.1. The topological polar surface area (TPSA) is 64.8 Å². The van der Waals surface area contributed by atoms with Crippen molar-refractivity contribution in [3.63, 3.8) is 0 Å². The molecule has 0 amide bonds. The van der Waals surface area contributed by atoms with Gasteiger partial charge in [0, 0.05) is 12.1 Å². The van der Waals surface area contributed by atoms with Crippen molar-refractivity contribution in [2.45, 2.75) is 38.9 Å². The maximum absolute atomic E-state index is 10.7. The summed E-state index contributed by atoms with van der Waals surface area (Å²) in [7, 11) is 0. The van der Waals surface area contributed by atoms with Crippen LogP contribution in [0.15, 0.2) is 4.79 Å². The molecule has 1 fully saturated rings. The summed E-state index contributed by atoms with van der Waals surface area (Å²) >= 11 is 0. The van der Waals surface area contributed by atoms with E-state index in [1.165, 1.54) is 6.42 Å². The maximum atomic E-state index is 10.7. The molecule has 2 unspecified atom stereocenters. The molecule has 5 nitrogen and oxygen atoms in total. The van der Waals surface area contributed by atoms with Gasteiger partial charge in [0.25, 0.3) is 0 Å². The minimum absolute atomic E-state index is 0.226. The molecule has 1 aliphatic heterocycles. The number of aromatic amines is 2. The van der Waals surface area contributed by atoms with E-state index in [1.54, 1.807) is 0 Å². The fourth-order valence-corrected chi connectivity index (χ4v) is 1.93. The fourth-order valence-electron chi connectivity index (χ4n) is 1.93. The Morgan fingerprint density at radius 2 is 2.23 bits per heavy atom. The van der Waals surface area contributed by atoms with E-state index >= 15 is 0 Å². The summed E-state index contributed by atoms with van der Waals surface area (Å²) in [5.74, 6) is 0.725. The molecular weight excluding hydrogens is 168 g/mol. The van der Waals surface area contributed by atoms with E-state index in [9.17, 15) is 4.79 Å². The average molecular weight is 182 g/mol. The highest BCUT2D eigenvalue weighted by Gasteiger charge is 2.31. The van der Waals surface area contributed by atoms with Crippen LogP contribution in [0.25, 0.3) is 0 Å². The molecule has 5 heteroatoms. The lowest BCUT2D eigenvalue weighted by molar-refractivity contribution is 0.0271. The normalized spacial score (nSPS) is 28.8. The smallest absolute Gasteiger partial charge is 0.292 e.